The standard InChI is InChI=1S/C29H40N4O4/c1-29(2,3)37-28(36)33-16-12-20(13-17-33)32-14-10-19(11-15-32)21-6-5-7-22-24(18-31(4)26(21)22)23-8-9-25(34)30-27(23)35/h5-7,18-20,23H,8-17H2,1-4H3,(H,30,34,35). The van der Waals surface area contributed by atoms with Gasteiger partial charge in [-0.15, -0.1) is 0 Å². The minimum atomic E-state index is -0.459. The van der Waals surface area contributed by atoms with E-state index in [9.17, 15) is 14.4 Å². The Morgan fingerprint density at radius 1 is 0.973 bits per heavy atom. The number of carbonyl (C=O) groups excluding carboxylic acids is 3. The Balaban J connectivity index is 1.23. The number of carbonyl (C=O) groups is 3. The molecule has 0 spiro atoms. The number of piperidine rings is 3. The van der Waals surface area contributed by atoms with Crippen LogP contribution in [0.3, 0.4) is 0 Å². The molecule has 1 N–H and O–H groups in total. The van der Waals surface area contributed by atoms with Gasteiger partial charge in [-0.2, -0.15) is 0 Å². The van der Waals surface area contributed by atoms with Gasteiger partial charge in [0.25, 0.3) is 0 Å². The number of imide groups is 1. The number of nitrogens with one attached hydrogen (secondary N) is 1. The SMILES string of the molecule is Cn1cc(C2CCC(=O)NC2=O)c2cccc(C3CCN(C4CCN(C(=O)OC(C)(C)C)CC4)CC3)c21. The summed E-state index contributed by atoms with van der Waals surface area (Å²) >= 11 is 0. The first-order chi connectivity index (χ1) is 17.6. The maximum Gasteiger partial charge on any atom is 0.410 e. The molecule has 3 fully saturated rings. The lowest BCUT2D eigenvalue weighted by Gasteiger charge is -2.42. The van der Waals surface area contributed by atoms with Gasteiger partial charge in [0.15, 0.2) is 0 Å². The fraction of sp³-hybridized carbons (Fsp3) is 0.621. The number of fused-ring (bicyclic) bond motifs is 1. The highest BCUT2D eigenvalue weighted by Crippen LogP contribution is 2.39. The van der Waals surface area contributed by atoms with E-state index >= 15 is 0 Å². The van der Waals surface area contributed by atoms with Crippen molar-refractivity contribution >= 4 is 28.8 Å². The molecule has 8 heteroatoms. The molecule has 5 rings (SSSR count). The molecule has 8 nitrogen and oxygen atoms in total. The second kappa shape index (κ2) is 10.1. The van der Waals surface area contributed by atoms with Gasteiger partial charge in [-0.25, -0.2) is 4.79 Å². The molecule has 200 valence electrons. The lowest BCUT2D eigenvalue weighted by molar-refractivity contribution is -0.134. The van der Waals surface area contributed by atoms with E-state index in [1.54, 1.807) is 0 Å². The molecule has 0 saturated carbocycles. The zero-order valence-electron chi connectivity index (χ0n) is 22.6. The predicted molar refractivity (Wildman–Crippen MR) is 142 cm³/mol. The van der Waals surface area contributed by atoms with Crippen molar-refractivity contribution < 1.29 is 19.1 Å². The number of hydrogen-bond donors (Lipinski definition) is 1. The highest BCUT2D eigenvalue weighted by atomic mass is 16.6. The predicted octanol–water partition coefficient (Wildman–Crippen LogP) is 4.28. The molecular formula is C29H40N4O4. The molecule has 4 heterocycles. The molecule has 1 atom stereocenters. The van der Waals surface area contributed by atoms with Crippen LogP contribution in [0.1, 0.15) is 82.3 Å². The summed E-state index contributed by atoms with van der Waals surface area (Å²) in [6, 6.07) is 7.00. The van der Waals surface area contributed by atoms with Gasteiger partial charge in [-0.3, -0.25) is 14.9 Å². The third-order valence-electron chi connectivity index (χ3n) is 8.28. The van der Waals surface area contributed by atoms with Gasteiger partial charge in [0.2, 0.25) is 11.8 Å². The van der Waals surface area contributed by atoms with Gasteiger partial charge < -0.3 is 19.1 Å². The number of ether oxygens (including phenoxy) is 1. The summed E-state index contributed by atoms with van der Waals surface area (Å²) in [5.41, 5.74) is 3.14. The van der Waals surface area contributed by atoms with Crippen LogP contribution in [0.4, 0.5) is 4.79 Å². The van der Waals surface area contributed by atoms with Crippen molar-refractivity contribution in [3.05, 3.63) is 35.5 Å². The van der Waals surface area contributed by atoms with E-state index in [1.807, 2.05) is 25.7 Å². The molecule has 3 aliphatic heterocycles. The first kappa shape index (κ1) is 25.8. The molecular weight excluding hydrogens is 468 g/mol. The molecule has 1 aromatic heterocycles. The molecule has 1 aromatic carbocycles. The van der Waals surface area contributed by atoms with E-state index in [0.717, 1.165) is 62.8 Å². The Kier molecular flexibility index (Phi) is 7.05. The van der Waals surface area contributed by atoms with E-state index in [1.165, 1.54) is 11.1 Å². The number of aryl methyl sites for hydroxylation is 1. The zero-order chi connectivity index (χ0) is 26.3. The molecule has 3 amide bonds. The topological polar surface area (TPSA) is 83.9 Å². The fourth-order valence-electron chi connectivity index (χ4n) is 6.44. The number of aromatic nitrogens is 1. The molecule has 3 aliphatic rings. The molecule has 0 radical (unpaired) electrons. The third-order valence-corrected chi connectivity index (χ3v) is 8.28. The number of rotatable bonds is 3. The first-order valence-electron chi connectivity index (χ1n) is 13.7. The lowest BCUT2D eigenvalue weighted by atomic mass is 9.85. The Morgan fingerprint density at radius 2 is 1.68 bits per heavy atom. The normalized spacial score (nSPS) is 22.9. The summed E-state index contributed by atoms with van der Waals surface area (Å²) in [6.07, 6.45) is 7.04. The third kappa shape index (κ3) is 5.40. The number of benzene rings is 1. The van der Waals surface area contributed by atoms with Crippen LogP contribution >= 0.6 is 0 Å². The van der Waals surface area contributed by atoms with Crippen molar-refractivity contribution in [2.75, 3.05) is 26.2 Å². The molecule has 37 heavy (non-hydrogen) atoms. The van der Waals surface area contributed by atoms with Gasteiger partial charge in [0, 0.05) is 44.2 Å². The van der Waals surface area contributed by atoms with E-state index in [2.05, 4.69) is 46.2 Å². The highest BCUT2D eigenvalue weighted by Gasteiger charge is 2.34. The van der Waals surface area contributed by atoms with Crippen molar-refractivity contribution in [1.82, 2.24) is 19.7 Å². The molecule has 0 aliphatic carbocycles. The second-order valence-corrected chi connectivity index (χ2v) is 12.0. The van der Waals surface area contributed by atoms with Crippen molar-refractivity contribution in [3.8, 4) is 0 Å². The average molecular weight is 509 g/mol. The zero-order valence-corrected chi connectivity index (χ0v) is 22.6. The first-order valence-corrected chi connectivity index (χ1v) is 13.7. The smallest absolute Gasteiger partial charge is 0.410 e. The number of nitrogens with zero attached hydrogens (tertiary/aromatic N) is 3. The van der Waals surface area contributed by atoms with Crippen molar-refractivity contribution in [1.29, 1.82) is 0 Å². The number of hydrogen-bond acceptors (Lipinski definition) is 5. The summed E-state index contributed by atoms with van der Waals surface area (Å²) in [7, 11) is 2.06. The lowest BCUT2D eigenvalue weighted by Crippen LogP contribution is -2.49. The number of amides is 3. The van der Waals surface area contributed by atoms with Gasteiger partial charge in [-0.05, 0) is 83.0 Å². The molecule has 0 bridgehead atoms. The van der Waals surface area contributed by atoms with Gasteiger partial charge in [0.1, 0.15) is 5.60 Å². The van der Waals surface area contributed by atoms with E-state index in [4.69, 9.17) is 4.74 Å². The minimum absolute atomic E-state index is 0.176. The summed E-state index contributed by atoms with van der Waals surface area (Å²) in [4.78, 5) is 41.1. The fourth-order valence-corrected chi connectivity index (χ4v) is 6.44. The molecule has 2 aromatic rings. The van der Waals surface area contributed by atoms with Crippen LogP contribution < -0.4 is 5.32 Å². The van der Waals surface area contributed by atoms with Gasteiger partial charge >= 0.3 is 6.09 Å². The second-order valence-electron chi connectivity index (χ2n) is 12.0. The average Bonchev–Trinajstić information content (AvgIpc) is 3.19. The van der Waals surface area contributed by atoms with Crippen molar-refractivity contribution in [3.63, 3.8) is 0 Å². The monoisotopic (exact) mass is 508 g/mol. The van der Waals surface area contributed by atoms with Crippen LogP contribution in [0, 0.1) is 0 Å². The van der Waals surface area contributed by atoms with Crippen LogP contribution in [0.5, 0.6) is 0 Å². The minimum Gasteiger partial charge on any atom is -0.444 e. The quantitative estimate of drug-likeness (QED) is 0.626. The van der Waals surface area contributed by atoms with Gasteiger partial charge in [0.05, 0.1) is 11.4 Å². The van der Waals surface area contributed by atoms with E-state index < -0.39 is 5.60 Å². The maximum absolute atomic E-state index is 12.6. The summed E-state index contributed by atoms with van der Waals surface area (Å²) < 4.78 is 7.72. The molecule has 1 unspecified atom stereocenters. The number of likely N-dealkylation sites (tertiary alicyclic amines) is 2. The van der Waals surface area contributed by atoms with E-state index in [0.29, 0.717) is 24.8 Å². The largest absolute Gasteiger partial charge is 0.444 e. The highest BCUT2D eigenvalue weighted by molar-refractivity contribution is 6.03. The van der Waals surface area contributed by atoms with E-state index in [-0.39, 0.29) is 23.8 Å². The van der Waals surface area contributed by atoms with Crippen molar-refractivity contribution in [2.45, 2.75) is 82.8 Å². The van der Waals surface area contributed by atoms with Crippen LogP contribution in [0.25, 0.3) is 10.9 Å². The Labute approximate surface area is 219 Å². The van der Waals surface area contributed by atoms with Gasteiger partial charge in [-0.1, -0.05) is 18.2 Å². The van der Waals surface area contributed by atoms with Crippen molar-refractivity contribution in [2.24, 2.45) is 7.05 Å². The maximum atomic E-state index is 12.6. The van der Waals surface area contributed by atoms with Crippen LogP contribution in [-0.2, 0) is 21.4 Å². The summed E-state index contributed by atoms with van der Waals surface area (Å²) in [5.74, 6) is -0.153. The summed E-state index contributed by atoms with van der Waals surface area (Å²) in [6.45, 7) is 9.36. The molecule has 3 saturated heterocycles. The summed E-state index contributed by atoms with van der Waals surface area (Å²) in [5, 5.41) is 3.64. The Hall–Kier alpha value is -2.87. The Bertz CT molecular complexity index is 1180. The Morgan fingerprint density at radius 3 is 2.32 bits per heavy atom. The van der Waals surface area contributed by atoms with Crippen LogP contribution in [-0.4, -0.2) is 70.1 Å². The van der Waals surface area contributed by atoms with Crippen LogP contribution in [0.2, 0.25) is 0 Å². The van der Waals surface area contributed by atoms with Crippen LogP contribution in [0.15, 0.2) is 24.4 Å². The number of para-hydroxylation sites is 1.